The number of carbonyl (C=O) groups excluding carboxylic acids is 1. The molecule has 1 N–H and O–H groups in total. The number of fused-ring (bicyclic) bond motifs is 1. The monoisotopic (exact) mass is 406 g/mol. The van der Waals surface area contributed by atoms with E-state index < -0.39 is 0 Å². The highest BCUT2D eigenvalue weighted by molar-refractivity contribution is 5.93. The van der Waals surface area contributed by atoms with E-state index in [0.717, 1.165) is 67.2 Å². The van der Waals surface area contributed by atoms with E-state index in [1.165, 1.54) is 18.5 Å². The minimum atomic E-state index is 0.243. The first-order chi connectivity index (χ1) is 14.6. The predicted octanol–water partition coefficient (Wildman–Crippen LogP) is 3.44. The van der Waals surface area contributed by atoms with Crippen LogP contribution in [-0.4, -0.2) is 56.7 Å². The van der Waals surface area contributed by atoms with Gasteiger partial charge in [-0.3, -0.25) is 9.48 Å². The van der Waals surface area contributed by atoms with Crippen LogP contribution in [-0.2, 0) is 11.8 Å². The van der Waals surface area contributed by atoms with Gasteiger partial charge in [0, 0.05) is 68.2 Å². The van der Waals surface area contributed by atoms with Gasteiger partial charge in [-0.2, -0.15) is 5.10 Å². The molecule has 4 heterocycles. The zero-order chi connectivity index (χ0) is 20.7. The first-order valence-corrected chi connectivity index (χ1v) is 11.1. The molecule has 0 unspecified atom stereocenters. The fourth-order valence-electron chi connectivity index (χ4n) is 4.94. The van der Waals surface area contributed by atoms with E-state index in [1.54, 1.807) is 4.68 Å². The molecule has 3 aromatic heterocycles. The van der Waals surface area contributed by atoms with E-state index in [1.807, 2.05) is 25.6 Å². The fraction of sp³-hybridized carbons (Fsp3) is 0.522. The van der Waals surface area contributed by atoms with Crippen LogP contribution in [0.25, 0.3) is 22.3 Å². The van der Waals surface area contributed by atoms with Crippen molar-refractivity contribution in [1.29, 1.82) is 0 Å². The SMILES string of the molecule is CC1CCC(C(=O)N2CCN(c3ccnc4[nH]c(-c5cnn(C)c5)cc34)CC2)CC1. The Balaban J connectivity index is 1.30. The fourth-order valence-corrected chi connectivity index (χ4v) is 4.94. The Morgan fingerprint density at radius 1 is 1.13 bits per heavy atom. The topological polar surface area (TPSA) is 70.1 Å². The van der Waals surface area contributed by atoms with Gasteiger partial charge in [-0.15, -0.1) is 0 Å². The summed E-state index contributed by atoms with van der Waals surface area (Å²) in [4.78, 5) is 25.4. The normalized spacial score (nSPS) is 22.6. The van der Waals surface area contributed by atoms with Crippen molar-refractivity contribution < 1.29 is 4.79 Å². The third-order valence-corrected chi connectivity index (χ3v) is 6.82. The number of aromatic nitrogens is 4. The van der Waals surface area contributed by atoms with Gasteiger partial charge in [0.05, 0.1) is 11.9 Å². The lowest BCUT2D eigenvalue weighted by molar-refractivity contribution is -0.137. The van der Waals surface area contributed by atoms with E-state index in [9.17, 15) is 4.79 Å². The molecule has 1 amide bonds. The number of anilines is 1. The highest BCUT2D eigenvalue weighted by Gasteiger charge is 2.30. The summed E-state index contributed by atoms with van der Waals surface area (Å²) in [5.74, 6) is 1.40. The van der Waals surface area contributed by atoms with Crippen molar-refractivity contribution in [2.75, 3.05) is 31.1 Å². The number of H-pyrrole nitrogens is 1. The number of hydrogen-bond acceptors (Lipinski definition) is 4. The van der Waals surface area contributed by atoms with E-state index in [4.69, 9.17) is 0 Å². The molecule has 2 fully saturated rings. The molecule has 0 atom stereocenters. The van der Waals surface area contributed by atoms with E-state index >= 15 is 0 Å². The van der Waals surface area contributed by atoms with Gasteiger partial charge in [-0.25, -0.2) is 4.98 Å². The van der Waals surface area contributed by atoms with Gasteiger partial charge in [0.25, 0.3) is 0 Å². The Hall–Kier alpha value is -2.83. The Labute approximate surface area is 177 Å². The maximum absolute atomic E-state index is 13.0. The summed E-state index contributed by atoms with van der Waals surface area (Å²) in [6.07, 6.45) is 10.2. The minimum absolute atomic E-state index is 0.243. The minimum Gasteiger partial charge on any atom is -0.367 e. The Kier molecular flexibility index (Phi) is 4.97. The number of aryl methyl sites for hydroxylation is 1. The summed E-state index contributed by atoms with van der Waals surface area (Å²) in [5.41, 5.74) is 4.16. The molecule has 0 spiro atoms. The zero-order valence-corrected chi connectivity index (χ0v) is 17.8. The maximum atomic E-state index is 13.0. The number of nitrogens with zero attached hydrogens (tertiary/aromatic N) is 5. The number of pyridine rings is 1. The highest BCUT2D eigenvalue weighted by Crippen LogP contribution is 2.32. The van der Waals surface area contributed by atoms with Gasteiger partial charge in [0.15, 0.2) is 0 Å². The van der Waals surface area contributed by atoms with Gasteiger partial charge in [-0.1, -0.05) is 6.92 Å². The molecule has 2 aliphatic rings. The molecule has 7 nitrogen and oxygen atoms in total. The summed E-state index contributed by atoms with van der Waals surface area (Å²) in [6, 6.07) is 4.25. The van der Waals surface area contributed by atoms with Crippen molar-refractivity contribution in [2.24, 2.45) is 18.9 Å². The zero-order valence-electron chi connectivity index (χ0n) is 17.8. The van der Waals surface area contributed by atoms with Gasteiger partial charge in [-0.05, 0) is 43.7 Å². The summed E-state index contributed by atoms with van der Waals surface area (Å²) in [7, 11) is 1.92. The van der Waals surface area contributed by atoms with Crippen LogP contribution in [0, 0.1) is 11.8 Å². The van der Waals surface area contributed by atoms with E-state index in [2.05, 4.69) is 43.9 Å². The number of carbonyl (C=O) groups is 1. The summed E-state index contributed by atoms with van der Waals surface area (Å²) in [5, 5.41) is 5.39. The van der Waals surface area contributed by atoms with Gasteiger partial charge >= 0.3 is 0 Å². The number of piperazine rings is 1. The molecule has 1 aliphatic carbocycles. The molecule has 1 saturated carbocycles. The van der Waals surface area contributed by atoms with Crippen LogP contribution < -0.4 is 4.90 Å². The van der Waals surface area contributed by atoms with Crippen LogP contribution in [0.3, 0.4) is 0 Å². The van der Waals surface area contributed by atoms with Crippen LogP contribution >= 0.6 is 0 Å². The quantitative estimate of drug-likeness (QED) is 0.723. The van der Waals surface area contributed by atoms with Crippen LogP contribution in [0.15, 0.2) is 30.7 Å². The largest absolute Gasteiger partial charge is 0.367 e. The highest BCUT2D eigenvalue weighted by atomic mass is 16.2. The first-order valence-electron chi connectivity index (χ1n) is 11.1. The molecule has 7 heteroatoms. The van der Waals surface area contributed by atoms with Crippen LogP contribution in [0.1, 0.15) is 32.6 Å². The lowest BCUT2D eigenvalue weighted by Crippen LogP contribution is -2.50. The average Bonchev–Trinajstić information content (AvgIpc) is 3.40. The van der Waals surface area contributed by atoms with Crippen molar-refractivity contribution in [2.45, 2.75) is 32.6 Å². The number of nitrogens with one attached hydrogen (secondary N) is 1. The first kappa shape index (κ1) is 19.2. The molecule has 1 aliphatic heterocycles. The molecule has 3 aromatic rings. The van der Waals surface area contributed by atoms with Crippen LogP contribution in [0.5, 0.6) is 0 Å². The Bertz CT molecular complexity index is 1040. The second kappa shape index (κ2) is 7.78. The third-order valence-electron chi connectivity index (χ3n) is 6.82. The van der Waals surface area contributed by atoms with Crippen molar-refractivity contribution in [3.8, 4) is 11.3 Å². The van der Waals surface area contributed by atoms with Crippen molar-refractivity contribution in [3.63, 3.8) is 0 Å². The van der Waals surface area contributed by atoms with Crippen molar-refractivity contribution >= 4 is 22.6 Å². The molecule has 0 bridgehead atoms. The van der Waals surface area contributed by atoms with E-state index in [0.29, 0.717) is 5.91 Å². The number of hydrogen-bond donors (Lipinski definition) is 1. The number of aromatic amines is 1. The second-order valence-corrected chi connectivity index (χ2v) is 8.95. The lowest BCUT2D eigenvalue weighted by Gasteiger charge is -2.38. The van der Waals surface area contributed by atoms with Crippen LogP contribution in [0.4, 0.5) is 5.69 Å². The Morgan fingerprint density at radius 3 is 2.60 bits per heavy atom. The maximum Gasteiger partial charge on any atom is 0.225 e. The molecule has 0 aromatic carbocycles. The predicted molar refractivity (Wildman–Crippen MR) is 118 cm³/mol. The molecule has 5 rings (SSSR count). The smallest absolute Gasteiger partial charge is 0.225 e. The van der Waals surface area contributed by atoms with Crippen LogP contribution in [0.2, 0.25) is 0 Å². The molecule has 0 radical (unpaired) electrons. The number of rotatable bonds is 3. The molecule has 30 heavy (non-hydrogen) atoms. The van der Waals surface area contributed by atoms with Gasteiger partial charge < -0.3 is 14.8 Å². The second-order valence-electron chi connectivity index (χ2n) is 8.95. The lowest BCUT2D eigenvalue weighted by atomic mass is 9.82. The summed E-state index contributed by atoms with van der Waals surface area (Å²) >= 11 is 0. The van der Waals surface area contributed by atoms with Gasteiger partial charge in [0.1, 0.15) is 5.65 Å². The van der Waals surface area contributed by atoms with Crippen molar-refractivity contribution in [3.05, 3.63) is 30.7 Å². The van der Waals surface area contributed by atoms with Gasteiger partial charge in [0.2, 0.25) is 5.91 Å². The average molecular weight is 407 g/mol. The Morgan fingerprint density at radius 2 is 1.90 bits per heavy atom. The summed E-state index contributed by atoms with van der Waals surface area (Å²) < 4.78 is 1.80. The van der Waals surface area contributed by atoms with Crippen molar-refractivity contribution in [1.82, 2.24) is 24.6 Å². The third kappa shape index (κ3) is 3.57. The summed E-state index contributed by atoms with van der Waals surface area (Å²) in [6.45, 7) is 5.63. The molecular formula is C23H30N6O. The molecular weight excluding hydrogens is 376 g/mol. The standard InChI is InChI=1S/C23H30N6O/c1-16-3-5-17(6-4-16)23(30)29-11-9-28(10-12-29)21-7-8-24-22-19(21)13-20(26-22)18-14-25-27(2)15-18/h7-8,13-17H,3-6,9-12H2,1-2H3,(H,24,26). The number of amides is 1. The molecule has 1 saturated heterocycles. The molecule has 158 valence electrons. The van der Waals surface area contributed by atoms with E-state index in [-0.39, 0.29) is 5.92 Å².